The second-order valence-electron chi connectivity index (χ2n) is 6.93. The minimum absolute atomic E-state index is 0.112. The third-order valence-electron chi connectivity index (χ3n) is 4.77. The fourth-order valence-electron chi connectivity index (χ4n) is 3.85. The van der Waals surface area contributed by atoms with Crippen molar-refractivity contribution in [1.29, 1.82) is 0 Å². The highest BCUT2D eigenvalue weighted by molar-refractivity contribution is 7.09. The van der Waals surface area contributed by atoms with Crippen LogP contribution in [0.1, 0.15) is 64.1 Å². The van der Waals surface area contributed by atoms with Crippen LogP contribution in [0.5, 0.6) is 0 Å². The van der Waals surface area contributed by atoms with E-state index in [1.165, 1.54) is 36.4 Å². The van der Waals surface area contributed by atoms with Gasteiger partial charge in [-0.2, -0.15) is 0 Å². The van der Waals surface area contributed by atoms with Crippen molar-refractivity contribution in [3.05, 3.63) is 16.1 Å². The monoisotopic (exact) mass is 294 g/mol. The van der Waals surface area contributed by atoms with Crippen molar-refractivity contribution in [2.24, 2.45) is 17.8 Å². The molecule has 2 nitrogen and oxygen atoms in total. The second-order valence-corrected chi connectivity index (χ2v) is 7.79. The standard InChI is InChI=1S/C17H30N2S/c1-6-9-18-17(16-19-14(5)11-20-16)10-13(4)7-8-15(17)12(2)3/h11-13,15,18H,6-10H2,1-5H3. The predicted octanol–water partition coefficient (Wildman–Crippen LogP) is 4.74. The molecule has 1 aliphatic carbocycles. The molecule has 0 radical (unpaired) electrons. The van der Waals surface area contributed by atoms with E-state index in [-0.39, 0.29) is 5.54 Å². The zero-order valence-electron chi connectivity index (χ0n) is 13.7. The van der Waals surface area contributed by atoms with Crippen molar-refractivity contribution in [2.75, 3.05) is 6.54 Å². The molecule has 2 rings (SSSR count). The Balaban J connectivity index is 2.40. The third-order valence-corrected chi connectivity index (χ3v) is 5.91. The van der Waals surface area contributed by atoms with Crippen LogP contribution in [0.4, 0.5) is 0 Å². The number of nitrogens with one attached hydrogen (secondary N) is 1. The van der Waals surface area contributed by atoms with Gasteiger partial charge in [0.25, 0.3) is 0 Å². The van der Waals surface area contributed by atoms with Gasteiger partial charge >= 0.3 is 0 Å². The number of hydrogen-bond acceptors (Lipinski definition) is 3. The average Bonchev–Trinajstić information content (AvgIpc) is 2.83. The van der Waals surface area contributed by atoms with Crippen LogP contribution in [0.3, 0.4) is 0 Å². The fraction of sp³-hybridized carbons (Fsp3) is 0.824. The van der Waals surface area contributed by atoms with Crippen LogP contribution in [-0.2, 0) is 5.54 Å². The van der Waals surface area contributed by atoms with Crippen LogP contribution in [0.15, 0.2) is 5.38 Å². The Morgan fingerprint density at radius 1 is 1.45 bits per heavy atom. The molecule has 1 N–H and O–H groups in total. The summed E-state index contributed by atoms with van der Waals surface area (Å²) in [6.07, 6.45) is 5.12. The van der Waals surface area contributed by atoms with Crippen molar-refractivity contribution < 1.29 is 0 Å². The SMILES string of the molecule is CCCNC1(c2nc(C)cs2)CC(C)CCC1C(C)C. The Labute approximate surface area is 128 Å². The molecule has 0 spiro atoms. The van der Waals surface area contributed by atoms with Gasteiger partial charge in [-0.3, -0.25) is 0 Å². The molecule has 114 valence electrons. The highest BCUT2D eigenvalue weighted by atomic mass is 32.1. The minimum Gasteiger partial charge on any atom is -0.305 e. The van der Waals surface area contributed by atoms with Gasteiger partial charge in [0, 0.05) is 11.1 Å². The smallest absolute Gasteiger partial charge is 0.113 e. The van der Waals surface area contributed by atoms with E-state index in [2.05, 4.69) is 45.3 Å². The van der Waals surface area contributed by atoms with E-state index in [0.29, 0.717) is 11.8 Å². The van der Waals surface area contributed by atoms with Crippen molar-refractivity contribution in [2.45, 2.75) is 65.8 Å². The first kappa shape index (κ1) is 16.0. The van der Waals surface area contributed by atoms with Crippen molar-refractivity contribution in [3.63, 3.8) is 0 Å². The van der Waals surface area contributed by atoms with Crippen LogP contribution in [0.25, 0.3) is 0 Å². The van der Waals surface area contributed by atoms with Crippen molar-refractivity contribution in [1.82, 2.24) is 10.3 Å². The molecule has 20 heavy (non-hydrogen) atoms. The summed E-state index contributed by atoms with van der Waals surface area (Å²) in [5.74, 6) is 2.20. The van der Waals surface area contributed by atoms with Crippen LogP contribution < -0.4 is 5.32 Å². The Morgan fingerprint density at radius 2 is 2.20 bits per heavy atom. The van der Waals surface area contributed by atoms with Gasteiger partial charge in [-0.1, -0.05) is 34.1 Å². The molecule has 0 amide bonds. The number of aryl methyl sites for hydroxylation is 1. The van der Waals surface area contributed by atoms with Gasteiger partial charge in [-0.25, -0.2) is 4.98 Å². The van der Waals surface area contributed by atoms with Gasteiger partial charge in [-0.05, 0) is 50.5 Å². The van der Waals surface area contributed by atoms with E-state index in [4.69, 9.17) is 4.98 Å². The summed E-state index contributed by atoms with van der Waals surface area (Å²) in [7, 11) is 0. The third kappa shape index (κ3) is 3.09. The van der Waals surface area contributed by atoms with Gasteiger partial charge in [0.1, 0.15) is 5.01 Å². The van der Waals surface area contributed by atoms with E-state index in [1.54, 1.807) is 0 Å². The molecule has 0 bridgehead atoms. The molecule has 1 saturated carbocycles. The van der Waals surface area contributed by atoms with Gasteiger partial charge in [0.2, 0.25) is 0 Å². The lowest BCUT2D eigenvalue weighted by atomic mass is 9.65. The Hall–Kier alpha value is -0.410. The molecule has 1 aliphatic rings. The van der Waals surface area contributed by atoms with Crippen LogP contribution in [0, 0.1) is 24.7 Å². The number of thiazole rings is 1. The lowest BCUT2D eigenvalue weighted by Crippen LogP contribution is -2.53. The van der Waals surface area contributed by atoms with E-state index in [1.807, 2.05) is 11.3 Å². The quantitative estimate of drug-likeness (QED) is 0.848. The zero-order valence-corrected chi connectivity index (χ0v) is 14.5. The Morgan fingerprint density at radius 3 is 2.75 bits per heavy atom. The largest absolute Gasteiger partial charge is 0.305 e. The topological polar surface area (TPSA) is 24.9 Å². The summed E-state index contributed by atoms with van der Waals surface area (Å²) < 4.78 is 0. The molecule has 1 aromatic heterocycles. The Bertz CT molecular complexity index is 426. The first-order valence-electron chi connectivity index (χ1n) is 8.17. The Kier molecular flexibility index (Phi) is 5.25. The van der Waals surface area contributed by atoms with Gasteiger partial charge in [0.05, 0.1) is 5.54 Å². The maximum absolute atomic E-state index is 4.88. The number of rotatable bonds is 5. The number of hydrogen-bond donors (Lipinski definition) is 1. The molecule has 1 heterocycles. The first-order valence-corrected chi connectivity index (χ1v) is 9.05. The maximum Gasteiger partial charge on any atom is 0.113 e. The van der Waals surface area contributed by atoms with E-state index >= 15 is 0 Å². The molecule has 0 aromatic carbocycles. The summed E-state index contributed by atoms with van der Waals surface area (Å²) in [4.78, 5) is 4.88. The highest BCUT2D eigenvalue weighted by Crippen LogP contribution is 2.48. The summed E-state index contributed by atoms with van der Waals surface area (Å²) in [5.41, 5.74) is 1.28. The zero-order chi connectivity index (χ0) is 14.8. The molecule has 3 heteroatoms. The normalized spacial score (nSPS) is 30.9. The van der Waals surface area contributed by atoms with E-state index in [9.17, 15) is 0 Å². The fourth-order valence-corrected chi connectivity index (χ4v) is 4.90. The first-order chi connectivity index (χ1) is 9.49. The highest BCUT2D eigenvalue weighted by Gasteiger charge is 2.46. The maximum atomic E-state index is 4.88. The van der Waals surface area contributed by atoms with Gasteiger partial charge in [0.15, 0.2) is 0 Å². The lowest BCUT2D eigenvalue weighted by molar-refractivity contribution is 0.0723. The molecular formula is C17H30N2S. The van der Waals surface area contributed by atoms with Crippen LogP contribution >= 0.6 is 11.3 Å². The van der Waals surface area contributed by atoms with Crippen LogP contribution in [0.2, 0.25) is 0 Å². The van der Waals surface area contributed by atoms with Crippen molar-refractivity contribution >= 4 is 11.3 Å². The van der Waals surface area contributed by atoms with Crippen LogP contribution in [-0.4, -0.2) is 11.5 Å². The summed E-state index contributed by atoms with van der Waals surface area (Å²) in [5, 5.41) is 7.46. The number of nitrogens with zero attached hydrogens (tertiary/aromatic N) is 1. The van der Waals surface area contributed by atoms with E-state index in [0.717, 1.165) is 12.5 Å². The molecule has 0 aliphatic heterocycles. The summed E-state index contributed by atoms with van der Waals surface area (Å²) in [6, 6.07) is 0. The summed E-state index contributed by atoms with van der Waals surface area (Å²) >= 11 is 1.85. The van der Waals surface area contributed by atoms with E-state index < -0.39 is 0 Å². The average molecular weight is 295 g/mol. The second kappa shape index (κ2) is 6.57. The summed E-state index contributed by atoms with van der Waals surface area (Å²) in [6.45, 7) is 12.6. The van der Waals surface area contributed by atoms with Crippen molar-refractivity contribution in [3.8, 4) is 0 Å². The lowest BCUT2D eigenvalue weighted by Gasteiger charge is -2.48. The molecule has 1 fully saturated rings. The molecule has 3 unspecified atom stereocenters. The minimum atomic E-state index is 0.112. The van der Waals surface area contributed by atoms with Gasteiger partial charge < -0.3 is 5.32 Å². The molecular weight excluding hydrogens is 264 g/mol. The molecule has 0 saturated heterocycles. The molecule has 3 atom stereocenters. The predicted molar refractivity (Wildman–Crippen MR) is 88.2 cm³/mol. The van der Waals surface area contributed by atoms with Gasteiger partial charge in [-0.15, -0.1) is 11.3 Å². The molecule has 1 aromatic rings. The number of aromatic nitrogens is 1.